The molecule has 0 amide bonds. The molecule has 2 fully saturated rings. The van der Waals surface area contributed by atoms with Crippen LogP contribution in [0, 0.1) is 13.8 Å². The number of methoxy groups -OCH3 is 1. The quantitative estimate of drug-likeness (QED) is 0.932. The number of aryl methyl sites for hydroxylation is 1. The summed E-state index contributed by atoms with van der Waals surface area (Å²) < 4.78 is 5.57. The highest BCUT2D eigenvalue weighted by Gasteiger charge is 2.39. The number of nitrogens with one attached hydrogen (secondary N) is 1. The van der Waals surface area contributed by atoms with E-state index in [1.165, 1.54) is 43.4 Å². The van der Waals surface area contributed by atoms with Crippen molar-refractivity contribution in [1.29, 1.82) is 0 Å². The van der Waals surface area contributed by atoms with Crippen LogP contribution < -0.4 is 10.1 Å². The molecule has 4 heteroatoms. The van der Waals surface area contributed by atoms with Crippen LogP contribution in [0.15, 0.2) is 6.20 Å². The van der Waals surface area contributed by atoms with Crippen LogP contribution in [-0.4, -0.2) is 42.2 Å². The molecule has 1 spiro atoms. The lowest BCUT2D eigenvalue weighted by Gasteiger charge is -2.50. The standard InChI is InChI=1S/C18H29N3O/c1-14-11-20-16(15(2)17(14)22-3)12-21-10-9-19-13-18(21)7-5-4-6-8-18/h11,19H,4-10,12-13H2,1-3H3. The maximum Gasteiger partial charge on any atom is 0.128 e. The molecule has 0 unspecified atom stereocenters. The van der Waals surface area contributed by atoms with E-state index in [0.717, 1.165) is 37.5 Å². The van der Waals surface area contributed by atoms with Gasteiger partial charge in [-0.05, 0) is 26.7 Å². The number of ether oxygens (including phenoxy) is 1. The van der Waals surface area contributed by atoms with Gasteiger partial charge >= 0.3 is 0 Å². The molecule has 0 atom stereocenters. The molecular formula is C18H29N3O. The molecular weight excluding hydrogens is 274 g/mol. The van der Waals surface area contributed by atoms with Gasteiger partial charge in [-0.25, -0.2) is 0 Å². The van der Waals surface area contributed by atoms with Crippen molar-refractivity contribution >= 4 is 0 Å². The summed E-state index contributed by atoms with van der Waals surface area (Å²) in [5.74, 6) is 0.998. The number of hydrogen-bond donors (Lipinski definition) is 1. The second-order valence-electron chi connectivity index (χ2n) is 6.93. The lowest BCUT2D eigenvalue weighted by molar-refractivity contribution is 0.0197. The van der Waals surface area contributed by atoms with Gasteiger partial charge in [-0.3, -0.25) is 9.88 Å². The molecule has 1 aromatic heterocycles. The molecule has 1 aliphatic heterocycles. The zero-order chi connectivity index (χ0) is 15.6. The fourth-order valence-electron chi connectivity index (χ4n) is 4.24. The molecule has 1 aromatic rings. The maximum absolute atomic E-state index is 5.57. The summed E-state index contributed by atoms with van der Waals surface area (Å²) in [6.07, 6.45) is 8.72. The van der Waals surface area contributed by atoms with Gasteiger partial charge in [-0.15, -0.1) is 0 Å². The second kappa shape index (κ2) is 6.55. The monoisotopic (exact) mass is 303 g/mol. The summed E-state index contributed by atoms with van der Waals surface area (Å²) >= 11 is 0. The predicted octanol–water partition coefficient (Wildman–Crippen LogP) is 2.82. The van der Waals surface area contributed by atoms with E-state index >= 15 is 0 Å². The Morgan fingerprint density at radius 1 is 1.27 bits per heavy atom. The van der Waals surface area contributed by atoms with Gasteiger partial charge in [0.25, 0.3) is 0 Å². The Labute approximate surface area is 134 Å². The molecule has 4 nitrogen and oxygen atoms in total. The molecule has 1 N–H and O–H groups in total. The number of rotatable bonds is 3. The van der Waals surface area contributed by atoms with Crippen molar-refractivity contribution in [2.45, 2.75) is 58.0 Å². The molecule has 3 rings (SSSR count). The first-order chi connectivity index (χ1) is 10.7. The fraction of sp³-hybridized carbons (Fsp3) is 0.722. The number of aromatic nitrogens is 1. The highest BCUT2D eigenvalue weighted by Crippen LogP contribution is 2.36. The summed E-state index contributed by atoms with van der Waals surface area (Å²) in [5, 5.41) is 3.62. The van der Waals surface area contributed by atoms with Crippen LogP contribution in [0.3, 0.4) is 0 Å². The van der Waals surface area contributed by atoms with Crippen molar-refractivity contribution in [2.24, 2.45) is 0 Å². The summed E-state index contributed by atoms with van der Waals surface area (Å²) in [4.78, 5) is 7.40. The lowest BCUT2D eigenvalue weighted by Crippen LogP contribution is -2.61. The molecule has 0 aromatic carbocycles. The second-order valence-corrected chi connectivity index (χ2v) is 6.93. The molecule has 22 heavy (non-hydrogen) atoms. The normalized spacial score (nSPS) is 22.0. The Morgan fingerprint density at radius 3 is 2.77 bits per heavy atom. The smallest absolute Gasteiger partial charge is 0.128 e. The minimum atomic E-state index is 0.350. The van der Waals surface area contributed by atoms with Crippen LogP contribution in [0.1, 0.15) is 48.9 Å². The first kappa shape index (κ1) is 15.8. The van der Waals surface area contributed by atoms with Gasteiger partial charge in [0.15, 0.2) is 0 Å². The van der Waals surface area contributed by atoms with E-state index < -0.39 is 0 Å². The van der Waals surface area contributed by atoms with E-state index in [9.17, 15) is 0 Å². The van der Waals surface area contributed by atoms with Crippen molar-refractivity contribution in [3.8, 4) is 5.75 Å². The van der Waals surface area contributed by atoms with Crippen LogP contribution in [-0.2, 0) is 6.54 Å². The van der Waals surface area contributed by atoms with Crippen LogP contribution in [0.2, 0.25) is 0 Å². The predicted molar refractivity (Wildman–Crippen MR) is 89.4 cm³/mol. The fourth-order valence-corrected chi connectivity index (χ4v) is 4.24. The molecule has 1 aliphatic carbocycles. The Hall–Kier alpha value is -1.13. The van der Waals surface area contributed by atoms with Crippen molar-refractivity contribution in [3.63, 3.8) is 0 Å². The first-order valence-electron chi connectivity index (χ1n) is 8.61. The molecule has 1 saturated heterocycles. The third kappa shape index (κ3) is 2.86. The summed E-state index contributed by atoms with van der Waals surface area (Å²) in [7, 11) is 1.76. The SMILES string of the molecule is COc1c(C)cnc(CN2CCNCC23CCCCC3)c1C. The summed E-state index contributed by atoms with van der Waals surface area (Å²) in [6, 6.07) is 0. The Kier molecular flexibility index (Phi) is 4.69. The van der Waals surface area contributed by atoms with E-state index in [2.05, 4.69) is 24.1 Å². The summed E-state index contributed by atoms with van der Waals surface area (Å²) in [6.45, 7) is 8.50. The zero-order valence-corrected chi connectivity index (χ0v) is 14.2. The third-order valence-electron chi connectivity index (χ3n) is 5.56. The van der Waals surface area contributed by atoms with Crippen LogP contribution >= 0.6 is 0 Å². The number of nitrogens with zero attached hydrogens (tertiary/aromatic N) is 2. The third-order valence-corrected chi connectivity index (χ3v) is 5.56. The first-order valence-corrected chi connectivity index (χ1v) is 8.61. The minimum Gasteiger partial charge on any atom is -0.496 e. The molecule has 122 valence electrons. The highest BCUT2D eigenvalue weighted by molar-refractivity contribution is 5.41. The molecule has 1 saturated carbocycles. The van der Waals surface area contributed by atoms with Crippen molar-refractivity contribution in [1.82, 2.24) is 15.2 Å². The van der Waals surface area contributed by atoms with E-state index in [-0.39, 0.29) is 0 Å². The average molecular weight is 303 g/mol. The largest absolute Gasteiger partial charge is 0.496 e. The Morgan fingerprint density at radius 2 is 2.05 bits per heavy atom. The average Bonchev–Trinajstić information content (AvgIpc) is 2.53. The van der Waals surface area contributed by atoms with Gasteiger partial charge in [0.05, 0.1) is 12.8 Å². The van der Waals surface area contributed by atoms with Crippen LogP contribution in [0.25, 0.3) is 0 Å². The van der Waals surface area contributed by atoms with Gasteiger partial charge in [0.2, 0.25) is 0 Å². The topological polar surface area (TPSA) is 37.4 Å². The maximum atomic E-state index is 5.57. The zero-order valence-electron chi connectivity index (χ0n) is 14.2. The van der Waals surface area contributed by atoms with Gasteiger partial charge in [-0.2, -0.15) is 0 Å². The van der Waals surface area contributed by atoms with E-state index in [0.29, 0.717) is 5.54 Å². The van der Waals surface area contributed by atoms with Crippen LogP contribution in [0.5, 0.6) is 5.75 Å². The lowest BCUT2D eigenvalue weighted by atomic mass is 9.79. The Bertz CT molecular complexity index is 515. The molecule has 0 radical (unpaired) electrons. The minimum absolute atomic E-state index is 0.350. The van der Waals surface area contributed by atoms with Crippen molar-refractivity contribution < 1.29 is 4.74 Å². The highest BCUT2D eigenvalue weighted by atomic mass is 16.5. The van der Waals surface area contributed by atoms with Gasteiger partial charge in [0.1, 0.15) is 5.75 Å². The van der Waals surface area contributed by atoms with Gasteiger partial charge < -0.3 is 10.1 Å². The van der Waals surface area contributed by atoms with E-state index in [1.807, 2.05) is 6.20 Å². The number of piperazine rings is 1. The van der Waals surface area contributed by atoms with Crippen molar-refractivity contribution in [3.05, 3.63) is 23.0 Å². The summed E-state index contributed by atoms with van der Waals surface area (Å²) in [5.41, 5.74) is 3.85. The van der Waals surface area contributed by atoms with E-state index in [1.54, 1.807) is 7.11 Å². The molecule has 0 bridgehead atoms. The number of hydrogen-bond acceptors (Lipinski definition) is 4. The Balaban J connectivity index is 1.84. The van der Waals surface area contributed by atoms with Gasteiger partial charge in [0, 0.05) is 49.0 Å². The van der Waals surface area contributed by atoms with Crippen LogP contribution in [0.4, 0.5) is 0 Å². The van der Waals surface area contributed by atoms with E-state index in [4.69, 9.17) is 9.72 Å². The molecule has 2 aliphatic rings. The van der Waals surface area contributed by atoms with Crippen molar-refractivity contribution in [2.75, 3.05) is 26.7 Å². The van der Waals surface area contributed by atoms with Gasteiger partial charge in [-0.1, -0.05) is 19.3 Å². The molecule has 2 heterocycles. The number of pyridine rings is 1.